The Labute approximate surface area is 119 Å². The summed E-state index contributed by atoms with van der Waals surface area (Å²) in [5.41, 5.74) is 0. The van der Waals surface area contributed by atoms with Crippen molar-refractivity contribution < 1.29 is 24.6 Å². The van der Waals surface area contributed by atoms with Gasteiger partial charge < -0.3 is 20.8 Å². The fourth-order valence-electron chi connectivity index (χ4n) is 1.44. The van der Waals surface area contributed by atoms with E-state index in [1.54, 1.807) is 12.1 Å². The minimum atomic E-state index is -1.23. The summed E-state index contributed by atoms with van der Waals surface area (Å²) in [5.74, 6) is -2.23. The number of amides is 2. The Kier molecular flexibility index (Phi) is 6.13. The normalized spacial score (nSPS) is 11.7. The van der Waals surface area contributed by atoms with Crippen molar-refractivity contribution in [2.24, 2.45) is 0 Å². The average Bonchev–Trinajstić information content (AvgIpc) is 2.82. The minimum absolute atomic E-state index is 0.0842. The Hall–Kier alpha value is -1.93. The molecule has 0 aliphatic heterocycles. The highest BCUT2D eigenvalue weighted by Gasteiger charge is 2.19. The van der Waals surface area contributed by atoms with Gasteiger partial charge in [0.25, 0.3) is 5.91 Å². The maximum atomic E-state index is 11.7. The Morgan fingerprint density at radius 1 is 1.35 bits per heavy atom. The van der Waals surface area contributed by atoms with Gasteiger partial charge in [0, 0.05) is 17.9 Å². The van der Waals surface area contributed by atoms with E-state index in [-0.39, 0.29) is 25.5 Å². The summed E-state index contributed by atoms with van der Waals surface area (Å²) in [5, 5.41) is 22.1. The van der Waals surface area contributed by atoms with Gasteiger partial charge in [0.05, 0.1) is 11.4 Å². The number of aliphatic hydroxyl groups is 1. The number of carboxylic acids is 1. The molecule has 1 unspecified atom stereocenters. The second-order valence-corrected chi connectivity index (χ2v) is 5.35. The number of aliphatic carboxylic acids is 1. The van der Waals surface area contributed by atoms with Crippen molar-refractivity contribution in [3.8, 4) is 0 Å². The average molecular weight is 300 g/mol. The van der Waals surface area contributed by atoms with Crippen molar-refractivity contribution in [2.75, 3.05) is 13.2 Å². The zero-order valence-corrected chi connectivity index (χ0v) is 11.7. The van der Waals surface area contributed by atoms with E-state index >= 15 is 0 Å². The lowest BCUT2D eigenvalue weighted by Gasteiger charge is -2.13. The Morgan fingerprint density at radius 2 is 2.05 bits per heavy atom. The number of aliphatic hydroxyl groups excluding tert-OH is 1. The number of carboxylic acid groups (broad SMARTS) is 1. The van der Waals surface area contributed by atoms with Crippen LogP contribution in [-0.2, 0) is 9.59 Å². The fraction of sp³-hybridized carbons (Fsp3) is 0.417. The summed E-state index contributed by atoms with van der Waals surface area (Å²) in [7, 11) is 0. The van der Waals surface area contributed by atoms with Crippen molar-refractivity contribution in [1.29, 1.82) is 0 Å². The molecule has 0 saturated heterocycles. The third-order valence-corrected chi connectivity index (χ3v) is 3.42. The van der Waals surface area contributed by atoms with Crippen LogP contribution in [-0.4, -0.2) is 47.2 Å². The summed E-state index contributed by atoms with van der Waals surface area (Å²) in [4.78, 5) is 35.4. The lowest BCUT2D eigenvalue weighted by atomic mass is 10.2. The van der Waals surface area contributed by atoms with E-state index in [0.717, 1.165) is 4.88 Å². The summed E-state index contributed by atoms with van der Waals surface area (Å²) >= 11 is 1.30. The predicted molar refractivity (Wildman–Crippen MR) is 72.7 cm³/mol. The van der Waals surface area contributed by atoms with Crippen LogP contribution in [0.5, 0.6) is 0 Å². The molecule has 7 nitrogen and oxygen atoms in total. The van der Waals surface area contributed by atoms with Crippen molar-refractivity contribution in [1.82, 2.24) is 10.6 Å². The molecule has 0 aliphatic carbocycles. The lowest BCUT2D eigenvalue weighted by Crippen LogP contribution is -2.45. The molecule has 0 radical (unpaired) electrons. The number of hydrogen-bond donors (Lipinski definition) is 4. The second kappa shape index (κ2) is 7.61. The molecule has 110 valence electrons. The number of rotatable bonds is 7. The maximum absolute atomic E-state index is 11.7. The third-order valence-electron chi connectivity index (χ3n) is 2.42. The molecule has 1 rings (SSSR count). The second-order valence-electron chi connectivity index (χ2n) is 4.06. The summed E-state index contributed by atoms with van der Waals surface area (Å²) in [6.07, 6.45) is -0.0842. The van der Waals surface area contributed by atoms with Gasteiger partial charge in [-0.15, -0.1) is 11.3 Å². The van der Waals surface area contributed by atoms with Crippen LogP contribution in [0.4, 0.5) is 0 Å². The van der Waals surface area contributed by atoms with Crippen LogP contribution >= 0.6 is 11.3 Å². The molecule has 1 aromatic rings. The highest BCUT2D eigenvalue weighted by atomic mass is 32.1. The van der Waals surface area contributed by atoms with Crippen LogP contribution in [0, 0.1) is 6.92 Å². The molecule has 0 aliphatic rings. The molecule has 1 aromatic heterocycles. The summed E-state index contributed by atoms with van der Waals surface area (Å²) in [6.45, 7) is 1.20. The molecule has 0 bridgehead atoms. The van der Waals surface area contributed by atoms with E-state index in [0.29, 0.717) is 4.88 Å². The highest BCUT2D eigenvalue weighted by molar-refractivity contribution is 7.13. The highest BCUT2D eigenvalue weighted by Crippen LogP contribution is 2.14. The molecule has 0 aromatic carbocycles. The van der Waals surface area contributed by atoms with Crippen LogP contribution in [0.1, 0.15) is 21.0 Å². The molecule has 1 heterocycles. The van der Waals surface area contributed by atoms with Crippen LogP contribution in [0.2, 0.25) is 0 Å². The zero-order chi connectivity index (χ0) is 15.1. The number of nitrogens with one attached hydrogen (secondary N) is 2. The third kappa shape index (κ3) is 4.98. The fourth-order valence-corrected chi connectivity index (χ4v) is 2.22. The molecule has 0 spiro atoms. The first-order chi connectivity index (χ1) is 9.43. The van der Waals surface area contributed by atoms with Gasteiger partial charge in [0.15, 0.2) is 0 Å². The molecule has 8 heteroatoms. The maximum Gasteiger partial charge on any atom is 0.326 e. The lowest BCUT2D eigenvalue weighted by molar-refractivity contribution is -0.142. The number of carbonyl (C=O) groups is 3. The van der Waals surface area contributed by atoms with Gasteiger partial charge in [0.1, 0.15) is 6.04 Å². The summed E-state index contributed by atoms with van der Waals surface area (Å²) in [6, 6.07) is 2.29. The first kappa shape index (κ1) is 16.1. The molecule has 4 N–H and O–H groups in total. The van der Waals surface area contributed by atoms with Gasteiger partial charge in [-0.05, 0) is 19.1 Å². The molecular formula is C12H16N2O5S. The van der Waals surface area contributed by atoms with Crippen molar-refractivity contribution >= 4 is 29.1 Å². The Balaban J connectivity index is 2.42. The zero-order valence-electron chi connectivity index (χ0n) is 10.9. The van der Waals surface area contributed by atoms with Gasteiger partial charge >= 0.3 is 5.97 Å². The predicted octanol–water partition coefficient (Wildman–Crippen LogP) is -0.262. The van der Waals surface area contributed by atoms with Crippen LogP contribution in [0.15, 0.2) is 12.1 Å². The summed E-state index contributed by atoms with van der Waals surface area (Å²) < 4.78 is 0. The van der Waals surface area contributed by atoms with E-state index in [9.17, 15) is 14.4 Å². The van der Waals surface area contributed by atoms with Gasteiger partial charge in [-0.1, -0.05) is 0 Å². The van der Waals surface area contributed by atoms with E-state index in [4.69, 9.17) is 10.2 Å². The Morgan fingerprint density at radius 3 is 2.55 bits per heavy atom. The quantitative estimate of drug-likeness (QED) is 0.553. The topological polar surface area (TPSA) is 116 Å². The molecule has 1 atom stereocenters. The van der Waals surface area contributed by atoms with Gasteiger partial charge in [-0.25, -0.2) is 4.79 Å². The molecule has 0 fully saturated rings. The van der Waals surface area contributed by atoms with Crippen LogP contribution in [0.25, 0.3) is 0 Å². The molecular weight excluding hydrogens is 284 g/mol. The minimum Gasteiger partial charge on any atom is -0.480 e. The first-order valence-corrected chi connectivity index (χ1v) is 6.73. The smallest absolute Gasteiger partial charge is 0.326 e. The van der Waals surface area contributed by atoms with Crippen LogP contribution in [0.3, 0.4) is 0 Å². The number of hydrogen-bond acceptors (Lipinski definition) is 5. The van der Waals surface area contributed by atoms with Gasteiger partial charge in [-0.3, -0.25) is 9.59 Å². The molecule has 0 saturated carbocycles. The van der Waals surface area contributed by atoms with Crippen molar-refractivity contribution in [2.45, 2.75) is 19.4 Å². The first-order valence-electron chi connectivity index (χ1n) is 5.91. The van der Waals surface area contributed by atoms with Crippen molar-refractivity contribution in [3.63, 3.8) is 0 Å². The van der Waals surface area contributed by atoms with E-state index < -0.39 is 17.9 Å². The van der Waals surface area contributed by atoms with E-state index in [2.05, 4.69) is 10.6 Å². The van der Waals surface area contributed by atoms with Gasteiger partial charge in [-0.2, -0.15) is 0 Å². The Bertz CT molecular complexity index is 500. The number of carbonyl (C=O) groups excluding carboxylic acids is 2. The van der Waals surface area contributed by atoms with E-state index in [1.807, 2.05) is 6.92 Å². The van der Waals surface area contributed by atoms with Crippen LogP contribution < -0.4 is 10.6 Å². The number of thiophene rings is 1. The largest absolute Gasteiger partial charge is 0.480 e. The monoisotopic (exact) mass is 300 g/mol. The van der Waals surface area contributed by atoms with E-state index in [1.165, 1.54) is 11.3 Å². The van der Waals surface area contributed by atoms with Gasteiger partial charge in [0.2, 0.25) is 5.91 Å². The number of aryl methyl sites for hydroxylation is 1. The van der Waals surface area contributed by atoms with Crippen molar-refractivity contribution in [3.05, 3.63) is 21.9 Å². The standard InChI is InChI=1S/C12H16N2O5S/c1-7-2-3-9(20-7)11(17)13-6-10(16)14-8(4-5-15)12(18)19/h2-3,8,15H,4-6H2,1H3,(H,13,17)(H,14,16)(H,18,19). The molecule has 2 amide bonds. The SMILES string of the molecule is Cc1ccc(C(=O)NCC(=O)NC(CCO)C(=O)O)s1. The molecule has 20 heavy (non-hydrogen) atoms.